The fraction of sp³-hybridized carbons (Fsp3) is 0.421. The zero-order valence-corrected chi connectivity index (χ0v) is 15.6. The van der Waals surface area contributed by atoms with Crippen molar-refractivity contribution in [2.24, 2.45) is 0 Å². The number of hydrogen-bond acceptors (Lipinski definition) is 4. The first-order chi connectivity index (χ1) is 12.0. The number of hydrogen-bond donors (Lipinski definition) is 0. The van der Waals surface area contributed by atoms with Crippen molar-refractivity contribution in [3.05, 3.63) is 45.9 Å². The van der Waals surface area contributed by atoms with E-state index in [1.165, 1.54) is 5.69 Å². The minimum Gasteiger partial charge on any atom is -0.368 e. The van der Waals surface area contributed by atoms with E-state index in [-0.39, 0.29) is 11.7 Å². The minimum atomic E-state index is 0.0781. The number of H-pyrrole nitrogens is 1. The van der Waals surface area contributed by atoms with E-state index in [9.17, 15) is 9.59 Å². The maximum absolute atomic E-state index is 12.4. The molecule has 3 rings (SSSR count). The largest absolute Gasteiger partial charge is 0.368 e. The summed E-state index contributed by atoms with van der Waals surface area (Å²) in [4.78, 5) is 34.1. The Balaban J connectivity index is 1.48. The van der Waals surface area contributed by atoms with Crippen molar-refractivity contribution in [3.8, 4) is 0 Å². The van der Waals surface area contributed by atoms with Crippen molar-refractivity contribution in [2.75, 3.05) is 31.1 Å². The summed E-state index contributed by atoms with van der Waals surface area (Å²) >= 11 is 1.63. The van der Waals surface area contributed by atoms with E-state index in [1.54, 1.807) is 11.3 Å². The van der Waals surface area contributed by atoms with E-state index in [0.717, 1.165) is 28.4 Å². The first kappa shape index (κ1) is 17.6. The number of rotatable bonds is 5. The molecular weight excluding hydrogens is 334 g/mol. The summed E-state index contributed by atoms with van der Waals surface area (Å²) in [6, 6.07) is 6.02. The molecule has 0 aliphatic carbocycles. The molecule has 2 aromatic rings. The van der Waals surface area contributed by atoms with Gasteiger partial charge in [-0.15, -0.1) is 11.3 Å². The maximum Gasteiger partial charge on any atom is 0.223 e. The number of ketones is 1. The number of piperazine rings is 1. The number of Topliss-reactive ketones (excluding diaryl/α,β-unsaturated/α-hetero) is 1. The first-order valence-corrected chi connectivity index (χ1v) is 9.45. The lowest BCUT2D eigenvalue weighted by Gasteiger charge is -2.35. The second kappa shape index (κ2) is 7.78. The first-order valence-electron chi connectivity index (χ1n) is 8.63. The molecule has 0 radical (unpaired) electrons. The summed E-state index contributed by atoms with van der Waals surface area (Å²) in [5.74, 6) is 0.161. The minimum absolute atomic E-state index is 0.0781. The van der Waals surface area contributed by atoms with Crippen LogP contribution in [0.2, 0.25) is 0 Å². The SMILES string of the molecule is Cc1cc(C(=O)CCC(=O)N2CCN(c3cc[nH+]cc3)CC2)c(C)s1. The topological polar surface area (TPSA) is 54.8 Å². The van der Waals surface area contributed by atoms with Gasteiger partial charge in [-0.25, -0.2) is 4.98 Å². The molecule has 0 atom stereocenters. The predicted molar refractivity (Wildman–Crippen MR) is 99.1 cm³/mol. The van der Waals surface area contributed by atoms with Gasteiger partial charge in [-0.3, -0.25) is 9.59 Å². The van der Waals surface area contributed by atoms with Crippen LogP contribution in [0.4, 0.5) is 5.69 Å². The number of nitrogens with one attached hydrogen (secondary N) is 1. The summed E-state index contributed by atoms with van der Waals surface area (Å²) in [6.07, 6.45) is 4.41. The molecular formula is C19H24N3O2S+. The van der Waals surface area contributed by atoms with E-state index in [4.69, 9.17) is 0 Å². The highest BCUT2D eigenvalue weighted by Gasteiger charge is 2.22. The Morgan fingerprint density at radius 3 is 2.36 bits per heavy atom. The van der Waals surface area contributed by atoms with Gasteiger partial charge in [0.25, 0.3) is 0 Å². The number of pyridine rings is 1. The molecule has 0 aromatic carbocycles. The number of thiophene rings is 1. The Hall–Kier alpha value is -2.21. The van der Waals surface area contributed by atoms with Gasteiger partial charge in [-0.05, 0) is 19.9 Å². The second-order valence-electron chi connectivity index (χ2n) is 6.38. The number of carbonyl (C=O) groups is 2. The number of nitrogens with zero attached hydrogens (tertiary/aromatic N) is 2. The third kappa shape index (κ3) is 4.25. The molecule has 1 aliphatic heterocycles. The molecule has 5 nitrogen and oxygen atoms in total. The highest BCUT2D eigenvalue weighted by molar-refractivity contribution is 7.12. The Kier molecular flexibility index (Phi) is 5.48. The van der Waals surface area contributed by atoms with Crippen molar-refractivity contribution >= 4 is 28.7 Å². The second-order valence-corrected chi connectivity index (χ2v) is 7.84. The van der Waals surface area contributed by atoms with E-state index < -0.39 is 0 Å². The number of aromatic amines is 1. The molecule has 0 unspecified atom stereocenters. The lowest BCUT2D eigenvalue weighted by atomic mass is 10.1. The summed E-state index contributed by atoms with van der Waals surface area (Å²) in [5, 5.41) is 0. The molecule has 1 fully saturated rings. The molecule has 6 heteroatoms. The molecule has 0 saturated carbocycles. The molecule has 25 heavy (non-hydrogen) atoms. The monoisotopic (exact) mass is 358 g/mol. The highest BCUT2D eigenvalue weighted by atomic mass is 32.1. The Morgan fingerprint density at radius 2 is 1.76 bits per heavy atom. The Labute approximate surface area is 152 Å². The van der Waals surface area contributed by atoms with Crippen LogP contribution in [0, 0.1) is 13.8 Å². The van der Waals surface area contributed by atoms with Crippen molar-refractivity contribution in [1.82, 2.24) is 4.90 Å². The molecule has 1 N–H and O–H groups in total. The quantitative estimate of drug-likeness (QED) is 0.772. The molecule has 3 heterocycles. The van der Waals surface area contributed by atoms with Crippen LogP contribution in [0.25, 0.3) is 0 Å². The van der Waals surface area contributed by atoms with Gasteiger partial charge < -0.3 is 9.80 Å². The summed E-state index contributed by atoms with van der Waals surface area (Å²) < 4.78 is 0. The van der Waals surface area contributed by atoms with Crippen LogP contribution < -0.4 is 9.88 Å². The van der Waals surface area contributed by atoms with Gasteiger partial charge in [0.15, 0.2) is 18.2 Å². The van der Waals surface area contributed by atoms with Crippen molar-refractivity contribution < 1.29 is 14.6 Å². The number of aromatic nitrogens is 1. The molecule has 1 saturated heterocycles. The zero-order valence-electron chi connectivity index (χ0n) is 14.7. The van der Waals surface area contributed by atoms with E-state index >= 15 is 0 Å². The van der Waals surface area contributed by atoms with Crippen LogP contribution in [0.1, 0.15) is 33.0 Å². The van der Waals surface area contributed by atoms with Gasteiger partial charge in [0.05, 0.1) is 0 Å². The van der Waals surface area contributed by atoms with Gasteiger partial charge in [-0.2, -0.15) is 0 Å². The third-order valence-electron chi connectivity index (χ3n) is 4.61. The predicted octanol–water partition coefficient (Wildman–Crippen LogP) is 2.49. The van der Waals surface area contributed by atoms with E-state index in [2.05, 4.69) is 9.88 Å². The number of aryl methyl sites for hydroxylation is 2. The number of amides is 1. The smallest absolute Gasteiger partial charge is 0.223 e. The van der Waals surface area contributed by atoms with Crippen LogP contribution in [-0.2, 0) is 4.79 Å². The standard InChI is InChI=1S/C19H23N3O2S/c1-14-13-17(15(2)25-14)18(23)3-4-19(24)22-11-9-21(10-12-22)16-5-7-20-8-6-16/h5-8,13H,3-4,9-12H2,1-2H3/p+1. The van der Waals surface area contributed by atoms with Gasteiger partial charge >= 0.3 is 0 Å². The van der Waals surface area contributed by atoms with Gasteiger partial charge in [0, 0.05) is 72.2 Å². The van der Waals surface area contributed by atoms with Crippen LogP contribution in [0.5, 0.6) is 0 Å². The van der Waals surface area contributed by atoms with Crippen molar-refractivity contribution in [1.29, 1.82) is 0 Å². The Bertz CT molecular complexity index is 749. The molecule has 2 aromatic heterocycles. The summed E-state index contributed by atoms with van der Waals surface area (Å²) in [7, 11) is 0. The number of carbonyl (C=O) groups excluding carboxylic acids is 2. The average Bonchev–Trinajstić information content (AvgIpc) is 2.98. The molecule has 0 bridgehead atoms. The van der Waals surface area contributed by atoms with Crippen LogP contribution >= 0.6 is 11.3 Å². The fourth-order valence-corrected chi connectivity index (χ4v) is 4.17. The fourth-order valence-electron chi connectivity index (χ4n) is 3.22. The lowest BCUT2D eigenvalue weighted by molar-refractivity contribution is -0.377. The number of anilines is 1. The Morgan fingerprint density at radius 1 is 1.08 bits per heavy atom. The van der Waals surface area contributed by atoms with Crippen LogP contribution in [0.15, 0.2) is 30.6 Å². The lowest BCUT2D eigenvalue weighted by Crippen LogP contribution is -2.48. The average molecular weight is 358 g/mol. The molecule has 0 spiro atoms. The van der Waals surface area contributed by atoms with Gasteiger partial charge in [0.2, 0.25) is 5.91 Å². The maximum atomic E-state index is 12.4. The third-order valence-corrected chi connectivity index (χ3v) is 5.57. The molecule has 1 amide bonds. The summed E-state index contributed by atoms with van der Waals surface area (Å²) in [5.41, 5.74) is 1.95. The van der Waals surface area contributed by atoms with E-state index in [1.807, 2.05) is 49.3 Å². The van der Waals surface area contributed by atoms with Gasteiger partial charge in [0.1, 0.15) is 0 Å². The zero-order chi connectivity index (χ0) is 17.8. The van der Waals surface area contributed by atoms with Crippen molar-refractivity contribution in [3.63, 3.8) is 0 Å². The van der Waals surface area contributed by atoms with Crippen LogP contribution in [-0.4, -0.2) is 42.8 Å². The van der Waals surface area contributed by atoms with Crippen LogP contribution in [0.3, 0.4) is 0 Å². The van der Waals surface area contributed by atoms with Gasteiger partial charge in [-0.1, -0.05) is 0 Å². The van der Waals surface area contributed by atoms with Crippen molar-refractivity contribution in [2.45, 2.75) is 26.7 Å². The van der Waals surface area contributed by atoms with E-state index in [0.29, 0.717) is 25.9 Å². The molecule has 132 valence electrons. The summed E-state index contributed by atoms with van der Waals surface area (Å²) in [6.45, 7) is 7.04. The normalized spacial score (nSPS) is 14.6. The highest BCUT2D eigenvalue weighted by Crippen LogP contribution is 2.22. The molecule has 1 aliphatic rings.